The highest BCUT2D eigenvalue weighted by Crippen LogP contribution is 2.18. The summed E-state index contributed by atoms with van der Waals surface area (Å²) in [6.45, 7) is 4.69. The number of aromatic nitrogens is 3. The van der Waals surface area contributed by atoms with Crippen molar-refractivity contribution < 1.29 is 14.3 Å². The lowest BCUT2D eigenvalue weighted by Gasteiger charge is -2.35. The van der Waals surface area contributed by atoms with Crippen LogP contribution in [0.2, 0.25) is 0 Å². The number of rotatable bonds is 7. The van der Waals surface area contributed by atoms with Crippen molar-refractivity contribution in [2.75, 3.05) is 52.9 Å². The Morgan fingerprint density at radius 2 is 1.61 bits per heavy atom. The Morgan fingerprint density at radius 3 is 2.24 bits per heavy atom. The van der Waals surface area contributed by atoms with E-state index in [4.69, 9.17) is 4.74 Å². The molecule has 0 saturated carbocycles. The normalized spacial score (nSPS) is 16.8. The summed E-state index contributed by atoms with van der Waals surface area (Å²) in [7, 11) is 1.59. The maximum absolute atomic E-state index is 12.6. The number of hydrogen-bond acceptors (Lipinski definition) is 7. The average Bonchev–Trinajstić information content (AvgIpc) is 3.39. The third-order valence-corrected chi connectivity index (χ3v) is 6.25. The molecule has 4 rings (SSSR count). The first-order chi connectivity index (χ1) is 16.0. The maximum Gasteiger partial charge on any atom is 0.273 e. The number of amides is 2. The van der Waals surface area contributed by atoms with E-state index in [2.05, 4.69) is 20.1 Å². The molecule has 0 aliphatic carbocycles. The molecule has 3 heterocycles. The molecule has 0 spiro atoms. The van der Waals surface area contributed by atoms with Gasteiger partial charge in [-0.1, -0.05) is 0 Å². The monoisotopic (exact) mass is 454 g/mol. The van der Waals surface area contributed by atoms with Gasteiger partial charge in [0.2, 0.25) is 11.8 Å². The molecule has 0 atom stereocenters. The second-order valence-corrected chi connectivity index (χ2v) is 8.42. The van der Waals surface area contributed by atoms with Crippen molar-refractivity contribution in [3.8, 4) is 17.1 Å². The molecule has 2 fully saturated rings. The first-order valence-corrected chi connectivity index (χ1v) is 11.4. The zero-order valence-corrected chi connectivity index (χ0v) is 19.0. The molecular formula is C23H30N6O4. The van der Waals surface area contributed by atoms with Gasteiger partial charge in [0, 0.05) is 57.7 Å². The second-order valence-electron chi connectivity index (χ2n) is 8.42. The largest absolute Gasteiger partial charge is 0.497 e. The quantitative estimate of drug-likeness (QED) is 0.650. The number of carbonyl (C=O) groups excluding carboxylic acids is 2. The Hall–Kier alpha value is -3.27. The smallest absolute Gasteiger partial charge is 0.273 e. The Morgan fingerprint density at radius 1 is 0.939 bits per heavy atom. The van der Waals surface area contributed by atoms with Gasteiger partial charge in [0.05, 0.1) is 13.7 Å². The summed E-state index contributed by atoms with van der Waals surface area (Å²) in [5.74, 6) is 1.25. The van der Waals surface area contributed by atoms with Crippen LogP contribution in [0.25, 0.3) is 11.4 Å². The zero-order valence-electron chi connectivity index (χ0n) is 19.0. The summed E-state index contributed by atoms with van der Waals surface area (Å²) >= 11 is 0. The Kier molecular flexibility index (Phi) is 7.33. The van der Waals surface area contributed by atoms with Crippen LogP contribution in [0.1, 0.15) is 25.0 Å². The van der Waals surface area contributed by atoms with Crippen molar-refractivity contribution in [3.05, 3.63) is 40.3 Å². The Labute approximate surface area is 192 Å². The third kappa shape index (κ3) is 5.75. The molecule has 2 aliphatic rings. The minimum Gasteiger partial charge on any atom is -0.497 e. The highest BCUT2D eigenvalue weighted by Gasteiger charge is 2.25. The van der Waals surface area contributed by atoms with Crippen LogP contribution < -0.4 is 10.3 Å². The molecular weight excluding hydrogens is 424 g/mol. The van der Waals surface area contributed by atoms with E-state index < -0.39 is 0 Å². The average molecular weight is 455 g/mol. The predicted molar refractivity (Wildman–Crippen MR) is 122 cm³/mol. The van der Waals surface area contributed by atoms with Crippen LogP contribution >= 0.6 is 0 Å². The molecule has 0 unspecified atom stereocenters. The van der Waals surface area contributed by atoms with Crippen molar-refractivity contribution in [1.29, 1.82) is 0 Å². The number of piperazine rings is 1. The molecule has 0 radical (unpaired) electrons. The van der Waals surface area contributed by atoms with Crippen LogP contribution in [0.3, 0.4) is 0 Å². The van der Waals surface area contributed by atoms with Crippen molar-refractivity contribution in [3.63, 3.8) is 0 Å². The van der Waals surface area contributed by atoms with Crippen molar-refractivity contribution in [2.24, 2.45) is 0 Å². The molecule has 10 heteroatoms. The van der Waals surface area contributed by atoms with Gasteiger partial charge in [-0.3, -0.25) is 19.3 Å². The van der Waals surface area contributed by atoms with E-state index in [0.717, 1.165) is 31.5 Å². The molecule has 2 aliphatic heterocycles. The first-order valence-electron chi connectivity index (χ1n) is 11.4. The highest BCUT2D eigenvalue weighted by molar-refractivity contribution is 5.79. The lowest BCUT2D eigenvalue weighted by Crippen LogP contribution is -2.51. The molecule has 2 amide bonds. The van der Waals surface area contributed by atoms with Crippen molar-refractivity contribution in [1.82, 2.24) is 29.9 Å². The van der Waals surface area contributed by atoms with E-state index in [-0.39, 0.29) is 35.9 Å². The van der Waals surface area contributed by atoms with E-state index in [1.165, 1.54) is 0 Å². The lowest BCUT2D eigenvalue weighted by molar-refractivity contribution is -0.134. The SMILES string of the molecule is COc1ccc(-c2nnc(CCC(=O)N3CCN(CC(=O)N4CCCC4)CC3)c(=O)[nH]2)cc1. The summed E-state index contributed by atoms with van der Waals surface area (Å²) in [6.07, 6.45) is 2.61. The first kappa shape index (κ1) is 22.9. The highest BCUT2D eigenvalue weighted by atomic mass is 16.5. The fraction of sp³-hybridized carbons (Fsp3) is 0.522. The van der Waals surface area contributed by atoms with Crippen molar-refractivity contribution in [2.45, 2.75) is 25.7 Å². The molecule has 1 N–H and O–H groups in total. The van der Waals surface area contributed by atoms with E-state index >= 15 is 0 Å². The molecule has 10 nitrogen and oxygen atoms in total. The molecule has 2 saturated heterocycles. The number of ether oxygens (including phenoxy) is 1. The fourth-order valence-corrected chi connectivity index (χ4v) is 4.20. The molecule has 0 bridgehead atoms. The van der Waals surface area contributed by atoms with Gasteiger partial charge in [-0.05, 0) is 37.1 Å². The van der Waals surface area contributed by atoms with Crippen LogP contribution in [0.4, 0.5) is 0 Å². The van der Waals surface area contributed by atoms with Crippen LogP contribution in [-0.4, -0.2) is 94.6 Å². The zero-order chi connectivity index (χ0) is 23.2. The minimum absolute atomic E-state index is 0.0130. The van der Waals surface area contributed by atoms with Gasteiger partial charge in [0.15, 0.2) is 5.82 Å². The molecule has 1 aromatic heterocycles. The number of likely N-dealkylation sites (tertiary alicyclic amines) is 1. The van der Waals surface area contributed by atoms with Gasteiger partial charge < -0.3 is 19.5 Å². The number of hydrogen-bond donors (Lipinski definition) is 1. The van der Waals surface area contributed by atoms with Gasteiger partial charge in [-0.25, -0.2) is 0 Å². The van der Waals surface area contributed by atoms with Crippen LogP contribution in [-0.2, 0) is 16.0 Å². The summed E-state index contributed by atoms with van der Waals surface area (Å²) < 4.78 is 5.13. The van der Waals surface area contributed by atoms with E-state index in [1.807, 2.05) is 4.90 Å². The summed E-state index contributed by atoms with van der Waals surface area (Å²) in [5.41, 5.74) is 0.633. The number of aromatic amines is 1. The van der Waals surface area contributed by atoms with Gasteiger partial charge >= 0.3 is 0 Å². The van der Waals surface area contributed by atoms with Crippen LogP contribution in [0, 0.1) is 0 Å². The topological polar surface area (TPSA) is 112 Å². The minimum atomic E-state index is -0.339. The number of benzene rings is 1. The predicted octanol–water partition coefficient (Wildman–Crippen LogP) is 0.540. The number of methoxy groups -OCH3 is 1. The summed E-state index contributed by atoms with van der Waals surface area (Å²) in [4.78, 5) is 46.0. The standard InChI is InChI=1S/C23H30N6O4/c1-33-18-6-4-17(5-7-18)22-24-23(32)19(25-26-22)8-9-20(30)29-14-12-27(13-15-29)16-21(31)28-10-2-3-11-28/h4-7H,2-3,8-16H2,1H3,(H,24,26,32). The van der Waals surface area contributed by atoms with Crippen LogP contribution in [0.15, 0.2) is 29.1 Å². The molecule has 176 valence electrons. The second kappa shape index (κ2) is 10.6. The summed E-state index contributed by atoms with van der Waals surface area (Å²) in [5, 5.41) is 8.16. The number of H-pyrrole nitrogens is 1. The van der Waals surface area contributed by atoms with Crippen LogP contribution in [0.5, 0.6) is 5.75 Å². The van der Waals surface area contributed by atoms with E-state index in [0.29, 0.717) is 44.3 Å². The van der Waals surface area contributed by atoms with Crippen molar-refractivity contribution >= 4 is 11.8 Å². The molecule has 1 aromatic carbocycles. The Bertz CT molecular complexity index is 1020. The molecule has 2 aromatic rings. The number of nitrogens with zero attached hydrogens (tertiary/aromatic N) is 5. The third-order valence-electron chi connectivity index (χ3n) is 6.25. The molecule has 33 heavy (non-hydrogen) atoms. The number of nitrogens with one attached hydrogen (secondary N) is 1. The number of aryl methyl sites for hydroxylation is 1. The fourth-order valence-electron chi connectivity index (χ4n) is 4.20. The van der Waals surface area contributed by atoms with Gasteiger partial charge in [-0.2, -0.15) is 0 Å². The lowest BCUT2D eigenvalue weighted by atomic mass is 10.2. The van der Waals surface area contributed by atoms with Gasteiger partial charge in [0.1, 0.15) is 11.4 Å². The van der Waals surface area contributed by atoms with Gasteiger partial charge in [0.25, 0.3) is 5.56 Å². The van der Waals surface area contributed by atoms with E-state index in [9.17, 15) is 14.4 Å². The van der Waals surface area contributed by atoms with E-state index in [1.54, 1.807) is 36.3 Å². The van der Waals surface area contributed by atoms with Gasteiger partial charge in [-0.15, -0.1) is 10.2 Å². The maximum atomic E-state index is 12.6. The number of carbonyl (C=O) groups is 2. The summed E-state index contributed by atoms with van der Waals surface area (Å²) in [6, 6.07) is 7.15. The Balaban J connectivity index is 1.25.